The third kappa shape index (κ3) is 10.2. The number of ether oxygens (including phenoxy) is 2. The normalized spacial score (nSPS) is 13.4. The molecule has 2 N–H and O–H groups in total. The zero-order valence-electron chi connectivity index (χ0n) is 34.5. The zero-order chi connectivity index (χ0) is 42.3. The minimum Gasteiger partial charge on any atom is -0.497 e. The van der Waals surface area contributed by atoms with Gasteiger partial charge in [0.1, 0.15) is 36.2 Å². The Kier molecular flexibility index (Phi) is 14.9. The molecule has 2 atom stereocenters. The number of para-hydroxylation sites is 2. The maximum absolute atomic E-state index is 14.5. The summed E-state index contributed by atoms with van der Waals surface area (Å²) in [5, 5.41) is 6.15. The largest absolute Gasteiger partial charge is 0.497 e. The number of hydrogen-bond acceptors (Lipinski definition) is 8. The molecular formula is C46H48N8O6S3. The number of benzene rings is 5. The van der Waals surface area contributed by atoms with Gasteiger partial charge in [0.25, 0.3) is 0 Å². The van der Waals surface area contributed by atoms with Gasteiger partial charge in [0.05, 0.1) is 37.7 Å². The minimum atomic E-state index is -4.41. The Labute approximate surface area is 380 Å². The Morgan fingerprint density at radius 2 is 0.921 bits per heavy atom. The molecule has 14 nitrogen and oxygen atoms in total. The summed E-state index contributed by atoms with van der Waals surface area (Å²) in [7, 11) is -1.21. The minimum absolute atomic E-state index is 0. The zero-order valence-corrected chi connectivity index (χ0v) is 37.4. The van der Waals surface area contributed by atoms with Gasteiger partial charge in [-0.25, -0.2) is 18.6 Å². The summed E-state index contributed by atoms with van der Waals surface area (Å²) < 4.78 is 45.4. The highest BCUT2D eigenvalue weighted by Crippen LogP contribution is 2.40. The van der Waals surface area contributed by atoms with Crippen LogP contribution in [0.4, 0.5) is 11.4 Å². The molecule has 5 aromatic carbocycles. The Balaban J connectivity index is 0.00000330. The molecule has 1 unspecified atom stereocenters. The fraction of sp³-hybridized carbons (Fsp3) is 0.174. The molecule has 1 aliphatic heterocycles. The van der Waals surface area contributed by atoms with Gasteiger partial charge < -0.3 is 29.2 Å². The molecule has 2 amide bonds. The van der Waals surface area contributed by atoms with E-state index in [1.54, 1.807) is 50.9 Å². The predicted octanol–water partition coefficient (Wildman–Crippen LogP) is 6.37. The van der Waals surface area contributed by atoms with Gasteiger partial charge in [-0.05, 0) is 84.6 Å². The van der Waals surface area contributed by atoms with Gasteiger partial charge in [0, 0.05) is 36.2 Å². The number of fused-ring (bicyclic) bond motifs is 1. The monoisotopic (exact) mass is 904 g/mol. The molecule has 2 aromatic heterocycles. The number of hydrogen-bond donors (Lipinski definition) is 2. The smallest absolute Gasteiger partial charge is 0.327 e. The van der Waals surface area contributed by atoms with Crippen molar-refractivity contribution in [2.45, 2.75) is 24.9 Å². The van der Waals surface area contributed by atoms with Crippen LogP contribution in [-0.2, 0) is 32.6 Å². The molecule has 17 heteroatoms. The Morgan fingerprint density at radius 3 is 1.29 bits per heavy atom. The molecule has 326 valence electrons. The van der Waals surface area contributed by atoms with Crippen LogP contribution in [0.15, 0.2) is 158 Å². The van der Waals surface area contributed by atoms with Crippen molar-refractivity contribution < 1.29 is 27.5 Å². The van der Waals surface area contributed by atoms with E-state index in [4.69, 9.17) is 9.47 Å². The number of imidazole rings is 2. The number of amides is 2. The molecule has 8 rings (SSSR count). The molecule has 3 heterocycles. The third-order valence-electron chi connectivity index (χ3n) is 10.4. The van der Waals surface area contributed by atoms with E-state index in [1.165, 1.54) is 0 Å². The first kappa shape index (κ1) is 45.8. The lowest BCUT2D eigenvalue weighted by molar-refractivity contribution is -0.121. The van der Waals surface area contributed by atoms with Crippen LogP contribution < -0.4 is 28.7 Å². The van der Waals surface area contributed by atoms with E-state index in [0.29, 0.717) is 36.0 Å². The van der Waals surface area contributed by atoms with E-state index in [0.717, 1.165) is 31.1 Å². The first-order valence-electron chi connectivity index (χ1n) is 19.6. The van der Waals surface area contributed by atoms with Gasteiger partial charge in [0.15, 0.2) is 0 Å². The van der Waals surface area contributed by atoms with Crippen molar-refractivity contribution >= 4 is 60.4 Å². The number of carbonyl (C=O) groups excluding carboxylic acids is 2. The fourth-order valence-electron chi connectivity index (χ4n) is 7.51. The second-order valence-corrected chi connectivity index (χ2v) is 16.1. The first-order valence-corrected chi connectivity index (χ1v) is 21.0. The quantitative estimate of drug-likeness (QED) is 0.114. The maximum Gasteiger partial charge on any atom is 0.327 e. The highest BCUT2D eigenvalue weighted by atomic mass is 32.2. The van der Waals surface area contributed by atoms with Crippen LogP contribution in [0.5, 0.6) is 11.5 Å². The van der Waals surface area contributed by atoms with Gasteiger partial charge in [-0.1, -0.05) is 72.8 Å². The molecule has 0 fully saturated rings. The van der Waals surface area contributed by atoms with Crippen LogP contribution in [0, 0.1) is 0 Å². The van der Waals surface area contributed by atoms with Crippen LogP contribution in [0.25, 0.3) is 11.4 Å². The summed E-state index contributed by atoms with van der Waals surface area (Å²) in [5.74, 6) is 1.40. The molecule has 0 saturated carbocycles. The summed E-state index contributed by atoms with van der Waals surface area (Å²) in [4.78, 5) is 37.5. The molecule has 0 aliphatic carbocycles. The summed E-state index contributed by atoms with van der Waals surface area (Å²) in [6.07, 6.45) is 7.70. The van der Waals surface area contributed by atoms with E-state index in [2.05, 4.69) is 20.6 Å². The van der Waals surface area contributed by atoms with Crippen LogP contribution >= 0.6 is 27.0 Å². The number of carbonyl (C=O) groups is 2. The average molecular weight is 905 g/mol. The van der Waals surface area contributed by atoms with Crippen molar-refractivity contribution in [1.82, 2.24) is 29.7 Å². The summed E-state index contributed by atoms with van der Waals surface area (Å²) in [6, 6.07) is 39.6. The predicted molar refractivity (Wildman–Crippen MR) is 253 cm³/mol. The van der Waals surface area contributed by atoms with Gasteiger partial charge >= 0.3 is 10.2 Å². The molecular weight excluding hydrogens is 857 g/mol. The fourth-order valence-corrected chi connectivity index (χ4v) is 9.11. The average Bonchev–Trinajstić information content (AvgIpc) is 4.03. The van der Waals surface area contributed by atoms with E-state index in [9.17, 15) is 18.0 Å². The van der Waals surface area contributed by atoms with Crippen molar-refractivity contribution in [2.75, 3.05) is 35.9 Å². The summed E-state index contributed by atoms with van der Waals surface area (Å²) >= 11 is 0. The van der Waals surface area contributed by atoms with Crippen LogP contribution in [0.1, 0.15) is 34.9 Å². The second-order valence-electron chi connectivity index (χ2n) is 14.3. The topological polar surface area (TPSA) is 153 Å². The van der Waals surface area contributed by atoms with Crippen molar-refractivity contribution in [3.8, 4) is 22.9 Å². The van der Waals surface area contributed by atoms with Crippen LogP contribution in [0.2, 0.25) is 0 Å². The summed E-state index contributed by atoms with van der Waals surface area (Å²) in [5.41, 5.74) is 4.07. The molecule has 63 heavy (non-hydrogen) atoms. The third-order valence-corrected chi connectivity index (χ3v) is 12.2. The maximum atomic E-state index is 14.5. The standard InChI is InChI=1S/C46H44N8O6S.2H2S/c1-59-37-21-17-35(18-22-37)51-27-25-47-45(51)39(29-33-11-5-3-6-12-33)49-43(55)31-53-41-15-9-10-16-42(41)54(61(53,57)58)32-44(56)50-40(30-34-13-7-4-8-14-34)46-48-26-28-52(46)36-19-23-38(60-2)24-20-36;;/h3-28,39-40H,29-32H2,1-2H3,(H,49,55)(H,50,56);2*1H2/t39-,40?;;/m0../s1. The van der Waals surface area contributed by atoms with Gasteiger partial charge in [0.2, 0.25) is 11.8 Å². The van der Waals surface area contributed by atoms with Gasteiger partial charge in [-0.2, -0.15) is 35.4 Å². The molecule has 1 aliphatic rings. The Hall–Kier alpha value is -6.69. The SMILES string of the molecule is COc1ccc(-n2ccnc2C(Cc2ccccc2)NC(=O)CN2c3ccccc3N(CC(=O)N[C@@H](Cc3ccccc3)c3nccn3-c3ccc(OC)cc3)S2(=O)=O)cc1.S.S. The highest BCUT2D eigenvalue weighted by molar-refractivity contribution is 7.94. The summed E-state index contributed by atoms with van der Waals surface area (Å²) in [6.45, 7) is -1.08. The number of anilines is 2. The molecule has 0 radical (unpaired) electrons. The van der Waals surface area contributed by atoms with E-state index < -0.39 is 47.2 Å². The lowest BCUT2D eigenvalue weighted by Gasteiger charge is -2.25. The van der Waals surface area contributed by atoms with Gasteiger partial charge in [-0.15, -0.1) is 0 Å². The Bertz CT molecular complexity index is 2540. The van der Waals surface area contributed by atoms with Gasteiger partial charge in [-0.3, -0.25) is 9.59 Å². The highest BCUT2D eigenvalue weighted by Gasteiger charge is 2.42. The van der Waals surface area contributed by atoms with E-state index >= 15 is 0 Å². The number of nitrogens with one attached hydrogen (secondary N) is 2. The number of rotatable bonds is 16. The number of aromatic nitrogens is 4. The van der Waals surface area contributed by atoms with Crippen molar-refractivity contribution in [3.63, 3.8) is 0 Å². The molecule has 7 aromatic rings. The lowest BCUT2D eigenvalue weighted by Crippen LogP contribution is -2.47. The second kappa shape index (κ2) is 20.5. The van der Waals surface area contributed by atoms with Crippen LogP contribution in [-0.4, -0.2) is 66.6 Å². The lowest BCUT2D eigenvalue weighted by atomic mass is 10.0. The number of nitrogens with zero attached hydrogens (tertiary/aromatic N) is 6. The van der Waals surface area contributed by atoms with Crippen molar-refractivity contribution in [2.24, 2.45) is 0 Å². The van der Waals surface area contributed by atoms with E-state index in [1.807, 2.05) is 131 Å². The van der Waals surface area contributed by atoms with Crippen molar-refractivity contribution in [3.05, 3.63) is 181 Å². The van der Waals surface area contributed by atoms with E-state index in [-0.39, 0.29) is 38.4 Å². The van der Waals surface area contributed by atoms with Crippen molar-refractivity contribution in [1.29, 1.82) is 0 Å². The Morgan fingerprint density at radius 1 is 0.556 bits per heavy atom. The molecule has 0 saturated heterocycles. The molecule has 0 bridgehead atoms. The molecule has 0 spiro atoms. The first-order chi connectivity index (χ1) is 29.7. The van der Waals surface area contributed by atoms with Crippen LogP contribution in [0.3, 0.4) is 0 Å². The number of methoxy groups -OCH3 is 2.